The van der Waals surface area contributed by atoms with E-state index in [0.717, 1.165) is 36.3 Å². The molecule has 0 bridgehead atoms. The molecular formula is C33H44Cl2FN5O7. The molecule has 1 saturated carbocycles. The summed E-state index contributed by atoms with van der Waals surface area (Å²) in [7, 11) is 0. The standard InChI is InChI=1S/C33H44Cl2FN5O7/c34-23-13-20(24(35)12-19(23)4-3-9-37-33(48)38-15-28(43)30(45)31(46)29(44)18-42)16-39-17-21(36)14-27(39)32(47)41-11-10-40(22-7-8-22)25-5-1-2-6-26(25)41/h1-2,5-6,12-13,21-22,27-31,42-46H,3-4,7-11,14-18H2,(H2,37,38,48)/t21-,27+,28+,29-,30-,31-/m1/s1. The average molecular weight is 713 g/mol. The summed E-state index contributed by atoms with van der Waals surface area (Å²) in [5.74, 6) is -0.114. The van der Waals surface area contributed by atoms with Gasteiger partial charge in [-0.3, -0.25) is 9.69 Å². The summed E-state index contributed by atoms with van der Waals surface area (Å²) in [6.45, 7) is 0.726. The number of hydrogen-bond acceptors (Lipinski definition) is 9. The van der Waals surface area contributed by atoms with Crippen LogP contribution in [0.3, 0.4) is 0 Å². The van der Waals surface area contributed by atoms with Crippen LogP contribution in [0.25, 0.3) is 0 Å². The number of aliphatic hydroxyl groups is 5. The summed E-state index contributed by atoms with van der Waals surface area (Å²) in [5, 5.41) is 53.6. The molecule has 3 amide bonds. The smallest absolute Gasteiger partial charge is 0.314 e. The number of likely N-dealkylation sites (tertiary alicyclic amines) is 1. The van der Waals surface area contributed by atoms with Crippen molar-refractivity contribution in [3.63, 3.8) is 0 Å². The van der Waals surface area contributed by atoms with Crippen molar-refractivity contribution in [2.45, 2.75) is 81.3 Å². The molecule has 2 aromatic rings. The maximum Gasteiger partial charge on any atom is 0.314 e. The van der Waals surface area contributed by atoms with Crippen molar-refractivity contribution in [2.75, 3.05) is 49.1 Å². The minimum Gasteiger partial charge on any atom is -0.394 e. The van der Waals surface area contributed by atoms with Gasteiger partial charge in [0, 0.05) is 61.8 Å². The Morgan fingerprint density at radius 1 is 0.938 bits per heavy atom. The van der Waals surface area contributed by atoms with Gasteiger partial charge >= 0.3 is 6.03 Å². The number of amides is 3. The lowest BCUT2D eigenvalue weighted by atomic mass is 10.0. The number of hydrogen-bond donors (Lipinski definition) is 7. The van der Waals surface area contributed by atoms with Gasteiger partial charge in [0.1, 0.15) is 24.5 Å². The molecule has 1 saturated heterocycles. The predicted molar refractivity (Wildman–Crippen MR) is 180 cm³/mol. The molecule has 0 radical (unpaired) electrons. The Morgan fingerprint density at radius 2 is 1.60 bits per heavy atom. The molecule has 15 heteroatoms. The van der Waals surface area contributed by atoms with E-state index in [4.69, 9.17) is 28.3 Å². The highest BCUT2D eigenvalue weighted by Crippen LogP contribution is 2.41. The zero-order valence-corrected chi connectivity index (χ0v) is 28.0. The van der Waals surface area contributed by atoms with Crippen LogP contribution in [-0.4, -0.2) is 124 Å². The highest BCUT2D eigenvalue weighted by atomic mass is 35.5. The summed E-state index contributed by atoms with van der Waals surface area (Å²) in [6.07, 6.45) is -4.50. The molecule has 2 aromatic carbocycles. The summed E-state index contributed by atoms with van der Waals surface area (Å²) in [5.41, 5.74) is 3.36. The van der Waals surface area contributed by atoms with Crippen molar-refractivity contribution in [1.82, 2.24) is 15.5 Å². The fraction of sp³-hybridized carbons (Fsp3) is 0.576. The van der Waals surface area contributed by atoms with Crippen LogP contribution in [0.5, 0.6) is 0 Å². The molecule has 0 spiro atoms. The molecule has 2 aliphatic heterocycles. The van der Waals surface area contributed by atoms with Crippen LogP contribution in [0.1, 0.15) is 36.8 Å². The van der Waals surface area contributed by atoms with E-state index in [1.807, 2.05) is 29.2 Å². The van der Waals surface area contributed by atoms with E-state index in [1.54, 1.807) is 17.0 Å². The zero-order chi connectivity index (χ0) is 34.5. The number of nitrogens with zero attached hydrogens (tertiary/aromatic N) is 3. The van der Waals surface area contributed by atoms with Gasteiger partial charge < -0.3 is 46.0 Å². The number of aliphatic hydroxyl groups excluding tert-OH is 5. The number of fused-ring (bicyclic) bond motifs is 1. The van der Waals surface area contributed by atoms with E-state index in [9.17, 15) is 34.4 Å². The van der Waals surface area contributed by atoms with Gasteiger partial charge in [-0.25, -0.2) is 9.18 Å². The summed E-state index contributed by atoms with van der Waals surface area (Å²) in [6, 6.07) is 10.7. The van der Waals surface area contributed by atoms with Crippen LogP contribution in [0.15, 0.2) is 36.4 Å². The van der Waals surface area contributed by atoms with E-state index in [0.29, 0.717) is 41.0 Å². The molecule has 0 unspecified atom stereocenters. The molecule has 5 rings (SSSR count). The molecule has 3 aliphatic rings. The molecule has 48 heavy (non-hydrogen) atoms. The van der Waals surface area contributed by atoms with Crippen LogP contribution in [0.2, 0.25) is 10.0 Å². The van der Waals surface area contributed by atoms with Crippen molar-refractivity contribution in [3.05, 3.63) is 57.6 Å². The lowest BCUT2D eigenvalue weighted by Crippen LogP contribution is -2.51. The fourth-order valence-corrected chi connectivity index (χ4v) is 6.95. The maximum absolute atomic E-state index is 14.8. The molecule has 6 atom stereocenters. The second-order valence-electron chi connectivity index (χ2n) is 12.8. The number of urea groups is 1. The van der Waals surface area contributed by atoms with Crippen molar-refractivity contribution in [3.8, 4) is 0 Å². The van der Waals surface area contributed by atoms with Crippen molar-refractivity contribution < 1.29 is 39.5 Å². The predicted octanol–water partition coefficient (Wildman–Crippen LogP) is 1.59. The summed E-state index contributed by atoms with van der Waals surface area (Å²) < 4.78 is 14.8. The van der Waals surface area contributed by atoms with Gasteiger partial charge in [0.15, 0.2) is 0 Å². The molecule has 12 nitrogen and oxygen atoms in total. The van der Waals surface area contributed by atoms with Gasteiger partial charge in [-0.2, -0.15) is 0 Å². The Bertz CT molecular complexity index is 1440. The first kappa shape index (κ1) is 36.5. The Hall–Kier alpha value is -2.75. The van der Waals surface area contributed by atoms with E-state index in [2.05, 4.69) is 15.5 Å². The van der Waals surface area contributed by atoms with E-state index >= 15 is 0 Å². The van der Waals surface area contributed by atoms with Crippen LogP contribution < -0.4 is 20.4 Å². The molecule has 1 aliphatic carbocycles. The number of nitrogens with one attached hydrogen (secondary N) is 2. The summed E-state index contributed by atoms with van der Waals surface area (Å²) in [4.78, 5) is 32.0. The molecular weight excluding hydrogens is 668 g/mol. The normalized spacial score (nSPS) is 22.2. The highest BCUT2D eigenvalue weighted by molar-refractivity contribution is 6.34. The number of rotatable bonds is 14. The van der Waals surface area contributed by atoms with Gasteiger partial charge in [-0.05, 0) is 61.1 Å². The Morgan fingerprint density at radius 3 is 2.31 bits per heavy atom. The second-order valence-corrected chi connectivity index (χ2v) is 13.6. The maximum atomic E-state index is 14.8. The van der Waals surface area contributed by atoms with Gasteiger partial charge in [0.05, 0.1) is 30.1 Å². The molecule has 7 N–H and O–H groups in total. The number of alkyl halides is 1. The first-order valence-corrected chi connectivity index (χ1v) is 17.1. The molecule has 2 heterocycles. The third-order valence-electron chi connectivity index (χ3n) is 9.23. The van der Waals surface area contributed by atoms with E-state index in [-0.39, 0.29) is 32.0 Å². The first-order chi connectivity index (χ1) is 23.0. The largest absolute Gasteiger partial charge is 0.394 e. The average Bonchev–Trinajstić information content (AvgIpc) is 3.86. The highest BCUT2D eigenvalue weighted by Gasteiger charge is 2.42. The minimum absolute atomic E-state index is 0.113. The Balaban J connectivity index is 1.12. The zero-order valence-electron chi connectivity index (χ0n) is 26.5. The van der Waals surface area contributed by atoms with Crippen molar-refractivity contribution in [1.29, 1.82) is 0 Å². The molecule has 0 aromatic heterocycles. The van der Waals surface area contributed by atoms with Crippen molar-refractivity contribution in [2.24, 2.45) is 0 Å². The fourth-order valence-electron chi connectivity index (χ4n) is 6.42. The number of aryl methyl sites for hydroxylation is 1. The number of para-hydroxylation sites is 2. The minimum atomic E-state index is -1.78. The third-order valence-corrected chi connectivity index (χ3v) is 9.94. The lowest BCUT2D eigenvalue weighted by Gasteiger charge is -2.39. The molecule has 2 fully saturated rings. The number of halogens is 3. The third kappa shape index (κ3) is 8.69. The SMILES string of the molecule is O=C(NCCCc1cc(Cl)c(CN2C[C@H](F)C[C@H]2C(=O)N2CCN(C3CC3)c3ccccc32)cc1Cl)NC[C@H](O)[C@@H](O)[C@H](O)[C@H](O)CO. The lowest BCUT2D eigenvalue weighted by molar-refractivity contribution is -0.123. The molecule has 264 valence electrons. The number of carbonyl (C=O) groups is 2. The van der Waals surface area contributed by atoms with Crippen LogP contribution >= 0.6 is 23.2 Å². The Kier molecular flexibility index (Phi) is 12.4. The Labute approximate surface area is 289 Å². The van der Waals surface area contributed by atoms with Gasteiger partial charge in [-0.15, -0.1) is 0 Å². The van der Waals surface area contributed by atoms with Crippen molar-refractivity contribution >= 4 is 46.5 Å². The number of anilines is 2. The van der Waals surface area contributed by atoms with Crippen LogP contribution in [-0.2, 0) is 17.8 Å². The van der Waals surface area contributed by atoms with E-state index < -0.39 is 55.8 Å². The number of benzene rings is 2. The van der Waals surface area contributed by atoms with Gasteiger partial charge in [0.2, 0.25) is 5.91 Å². The number of carbonyl (C=O) groups excluding carboxylic acids is 2. The summed E-state index contributed by atoms with van der Waals surface area (Å²) >= 11 is 13.3. The topological polar surface area (TPSA) is 169 Å². The van der Waals surface area contributed by atoms with Gasteiger partial charge in [-0.1, -0.05) is 35.3 Å². The van der Waals surface area contributed by atoms with Crippen LogP contribution in [0.4, 0.5) is 20.6 Å². The first-order valence-electron chi connectivity index (χ1n) is 16.3. The second kappa shape index (κ2) is 16.3. The van der Waals surface area contributed by atoms with Gasteiger partial charge in [0.25, 0.3) is 0 Å². The van der Waals surface area contributed by atoms with Crippen LogP contribution in [0, 0.1) is 0 Å². The quantitative estimate of drug-likeness (QED) is 0.144. The monoisotopic (exact) mass is 711 g/mol. The van der Waals surface area contributed by atoms with E-state index in [1.165, 1.54) is 0 Å².